The van der Waals surface area contributed by atoms with Crippen LogP contribution in [0.1, 0.15) is 34.3 Å². The summed E-state index contributed by atoms with van der Waals surface area (Å²) in [7, 11) is 1.61. The predicted molar refractivity (Wildman–Crippen MR) is 111 cm³/mol. The van der Waals surface area contributed by atoms with Crippen LogP contribution in [-0.4, -0.2) is 42.9 Å². The standard InChI is InChI=1S/C23H24N4O2/c1-15-5-3-6-16(11-15)19-12-17(22(28)25-2)13-21-18(19)8-10-27(21)23(29)20-7-4-9-26(20)14-24/h3,5-6,11-13,20H,4,7-10H2,1-2H3,(H,25,28)/t20-/m0/s1. The maximum atomic E-state index is 13.3. The topological polar surface area (TPSA) is 76.4 Å². The number of amides is 2. The summed E-state index contributed by atoms with van der Waals surface area (Å²) in [6.07, 6.45) is 4.42. The molecule has 0 bridgehead atoms. The molecule has 2 aliphatic heterocycles. The lowest BCUT2D eigenvalue weighted by atomic mass is 9.94. The number of nitriles is 1. The van der Waals surface area contributed by atoms with Gasteiger partial charge in [-0.1, -0.05) is 29.8 Å². The summed E-state index contributed by atoms with van der Waals surface area (Å²) in [4.78, 5) is 29.0. The van der Waals surface area contributed by atoms with Gasteiger partial charge in [-0.25, -0.2) is 0 Å². The number of fused-ring (bicyclic) bond motifs is 1. The van der Waals surface area contributed by atoms with E-state index in [-0.39, 0.29) is 11.8 Å². The fraction of sp³-hybridized carbons (Fsp3) is 0.348. The molecule has 29 heavy (non-hydrogen) atoms. The van der Waals surface area contributed by atoms with E-state index in [0.29, 0.717) is 25.1 Å². The predicted octanol–water partition coefficient (Wildman–Crippen LogP) is 2.86. The lowest BCUT2D eigenvalue weighted by molar-refractivity contribution is -0.121. The van der Waals surface area contributed by atoms with Crippen LogP contribution in [0.25, 0.3) is 11.1 Å². The Hall–Kier alpha value is -3.33. The van der Waals surface area contributed by atoms with Crippen LogP contribution in [0.4, 0.5) is 5.69 Å². The van der Waals surface area contributed by atoms with Gasteiger partial charge in [-0.05, 0) is 55.0 Å². The first-order valence-electron chi connectivity index (χ1n) is 9.97. The number of carbonyl (C=O) groups excluding carboxylic acids is 2. The van der Waals surface area contributed by atoms with Crippen LogP contribution in [-0.2, 0) is 11.2 Å². The van der Waals surface area contributed by atoms with Crippen LogP contribution >= 0.6 is 0 Å². The van der Waals surface area contributed by atoms with E-state index in [2.05, 4.69) is 17.6 Å². The zero-order valence-electron chi connectivity index (χ0n) is 16.7. The van der Waals surface area contributed by atoms with Crippen LogP contribution < -0.4 is 10.2 Å². The van der Waals surface area contributed by atoms with Crippen LogP contribution in [0.2, 0.25) is 0 Å². The van der Waals surface area contributed by atoms with Gasteiger partial charge in [0, 0.05) is 31.4 Å². The lowest BCUT2D eigenvalue weighted by Gasteiger charge is -2.25. The molecule has 0 aromatic heterocycles. The molecule has 0 aliphatic carbocycles. The van der Waals surface area contributed by atoms with Crippen molar-refractivity contribution in [3.63, 3.8) is 0 Å². The van der Waals surface area contributed by atoms with Crippen molar-refractivity contribution in [3.05, 3.63) is 53.1 Å². The minimum absolute atomic E-state index is 0.0490. The summed E-state index contributed by atoms with van der Waals surface area (Å²) in [6.45, 7) is 3.24. The highest BCUT2D eigenvalue weighted by Crippen LogP contribution is 2.39. The van der Waals surface area contributed by atoms with Gasteiger partial charge in [0.2, 0.25) is 5.91 Å². The van der Waals surface area contributed by atoms with Gasteiger partial charge >= 0.3 is 0 Å². The van der Waals surface area contributed by atoms with E-state index in [4.69, 9.17) is 0 Å². The van der Waals surface area contributed by atoms with Gasteiger partial charge in [-0.3, -0.25) is 14.5 Å². The Balaban J connectivity index is 1.80. The molecule has 1 atom stereocenters. The van der Waals surface area contributed by atoms with Gasteiger partial charge < -0.3 is 10.2 Å². The zero-order valence-corrected chi connectivity index (χ0v) is 16.7. The summed E-state index contributed by atoms with van der Waals surface area (Å²) in [5, 5.41) is 12.0. The van der Waals surface area contributed by atoms with Crippen molar-refractivity contribution in [1.82, 2.24) is 10.2 Å². The first-order chi connectivity index (χ1) is 14.0. The van der Waals surface area contributed by atoms with Crippen LogP contribution in [0.15, 0.2) is 36.4 Å². The quantitative estimate of drug-likeness (QED) is 0.821. The van der Waals surface area contributed by atoms with Gasteiger partial charge in [0.25, 0.3) is 5.91 Å². The van der Waals surface area contributed by atoms with E-state index in [9.17, 15) is 14.9 Å². The summed E-state index contributed by atoms with van der Waals surface area (Å²) in [5.74, 6) is -0.229. The molecule has 1 fully saturated rings. The van der Waals surface area contributed by atoms with E-state index >= 15 is 0 Å². The van der Waals surface area contributed by atoms with Crippen molar-refractivity contribution in [3.8, 4) is 17.3 Å². The summed E-state index contributed by atoms with van der Waals surface area (Å²) in [5.41, 5.74) is 5.58. The first kappa shape index (κ1) is 19.0. The van der Waals surface area contributed by atoms with E-state index in [1.54, 1.807) is 16.8 Å². The minimum Gasteiger partial charge on any atom is -0.355 e. The molecule has 2 heterocycles. The number of anilines is 1. The lowest BCUT2D eigenvalue weighted by Crippen LogP contribution is -2.43. The van der Waals surface area contributed by atoms with Gasteiger partial charge in [-0.15, -0.1) is 0 Å². The molecule has 6 nitrogen and oxygen atoms in total. The SMILES string of the molecule is CNC(=O)c1cc(-c2cccc(C)c2)c2c(c1)N(C(=O)[C@@H]1CCCN1C#N)CC2. The normalized spacial score (nSPS) is 17.8. The monoisotopic (exact) mass is 388 g/mol. The smallest absolute Gasteiger partial charge is 0.251 e. The van der Waals surface area contributed by atoms with Crippen LogP contribution in [0.3, 0.4) is 0 Å². The van der Waals surface area contributed by atoms with E-state index < -0.39 is 6.04 Å². The first-order valence-corrected chi connectivity index (χ1v) is 9.97. The minimum atomic E-state index is -0.406. The highest BCUT2D eigenvalue weighted by molar-refractivity contribution is 6.03. The van der Waals surface area contributed by atoms with Crippen molar-refractivity contribution in [1.29, 1.82) is 5.26 Å². The van der Waals surface area contributed by atoms with Crippen LogP contribution in [0, 0.1) is 18.4 Å². The average molecular weight is 388 g/mol. The Kier molecular flexibility index (Phi) is 4.98. The second kappa shape index (κ2) is 7.59. The molecule has 0 saturated carbocycles. The number of aryl methyl sites for hydroxylation is 1. The number of likely N-dealkylation sites (tertiary alicyclic amines) is 1. The Morgan fingerprint density at radius 1 is 1.21 bits per heavy atom. The molecule has 2 amide bonds. The molecule has 2 aromatic carbocycles. The Morgan fingerprint density at radius 2 is 2.03 bits per heavy atom. The van der Waals surface area contributed by atoms with E-state index in [1.165, 1.54) is 0 Å². The van der Waals surface area contributed by atoms with Crippen LogP contribution in [0.5, 0.6) is 0 Å². The van der Waals surface area contributed by atoms with Crippen molar-refractivity contribution in [2.45, 2.75) is 32.2 Å². The third kappa shape index (κ3) is 3.33. The maximum Gasteiger partial charge on any atom is 0.251 e. The number of rotatable bonds is 3. The van der Waals surface area contributed by atoms with Crippen molar-refractivity contribution in [2.75, 3.05) is 25.0 Å². The molecule has 2 aliphatic rings. The molecule has 148 valence electrons. The largest absolute Gasteiger partial charge is 0.355 e. The molecule has 0 unspecified atom stereocenters. The zero-order chi connectivity index (χ0) is 20.5. The van der Waals surface area contributed by atoms with Crippen molar-refractivity contribution >= 4 is 17.5 Å². The van der Waals surface area contributed by atoms with Crippen molar-refractivity contribution < 1.29 is 9.59 Å². The maximum absolute atomic E-state index is 13.3. The molecule has 1 saturated heterocycles. The van der Waals surface area contributed by atoms with Gasteiger partial charge in [0.05, 0.1) is 0 Å². The molecule has 6 heteroatoms. The molecule has 0 radical (unpaired) electrons. The molecule has 0 spiro atoms. The summed E-state index contributed by atoms with van der Waals surface area (Å²) >= 11 is 0. The molecule has 4 rings (SSSR count). The second-order valence-electron chi connectivity index (χ2n) is 7.66. The number of carbonyl (C=O) groups is 2. The number of nitrogens with one attached hydrogen (secondary N) is 1. The second-order valence-corrected chi connectivity index (χ2v) is 7.66. The van der Waals surface area contributed by atoms with Gasteiger partial charge in [-0.2, -0.15) is 5.26 Å². The summed E-state index contributed by atoms with van der Waals surface area (Å²) in [6, 6.07) is 11.5. The molecular formula is C23H24N4O2. The number of hydrogen-bond donors (Lipinski definition) is 1. The number of benzene rings is 2. The van der Waals surface area contributed by atoms with E-state index in [0.717, 1.165) is 40.8 Å². The molecule has 2 aromatic rings. The Labute approximate surface area is 170 Å². The third-order valence-electron chi connectivity index (χ3n) is 5.85. The average Bonchev–Trinajstić information content (AvgIpc) is 3.38. The van der Waals surface area contributed by atoms with Gasteiger partial charge in [0.1, 0.15) is 6.04 Å². The Morgan fingerprint density at radius 3 is 2.76 bits per heavy atom. The Bertz CT molecular complexity index is 1020. The van der Waals surface area contributed by atoms with E-state index in [1.807, 2.05) is 37.3 Å². The number of nitrogens with zero attached hydrogens (tertiary/aromatic N) is 3. The summed E-state index contributed by atoms with van der Waals surface area (Å²) < 4.78 is 0. The number of hydrogen-bond acceptors (Lipinski definition) is 4. The molecule has 1 N–H and O–H groups in total. The fourth-order valence-corrected chi connectivity index (χ4v) is 4.40. The van der Waals surface area contributed by atoms with Crippen molar-refractivity contribution in [2.24, 2.45) is 0 Å². The molecular weight excluding hydrogens is 364 g/mol. The highest BCUT2D eigenvalue weighted by atomic mass is 16.2. The highest BCUT2D eigenvalue weighted by Gasteiger charge is 2.37. The van der Waals surface area contributed by atoms with Gasteiger partial charge in [0.15, 0.2) is 6.19 Å². The fourth-order valence-electron chi connectivity index (χ4n) is 4.40. The third-order valence-corrected chi connectivity index (χ3v) is 5.85.